The number of hydrogen-bond acceptors (Lipinski definition) is 2. The van der Waals surface area contributed by atoms with E-state index in [2.05, 4.69) is 172 Å². The van der Waals surface area contributed by atoms with Gasteiger partial charge in [-0.25, -0.2) is 0 Å². The van der Waals surface area contributed by atoms with Gasteiger partial charge in [0, 0.05) is 28.1 Å². The van der Waals surface area contributed by atoms with E-state index in [-0.39, 0.29) is 0 Å². The third-order valence-corrected chi connectivity index (χ3v) is 10.7. The molecule has 1 aromatic heterocycles. The lowest BCUT2D eigenvalue weighted by Crippen LogP contribution is -1.95. The summed E-state index contributed by atoms with van der Waals surface area (Å²) in [5.74, 6) is 1.85. The van der Waals surface area contributed by atoms with Crippen molar-refractivity contribution in [1.29, 1.82) is 0 Å². The summed E-state index contributed by atoms with van der Waals surface area (Å²) in [4.78, 5) is 0. The van der Waals surface area contributed by atoms with Crippen molar-refractivity contribution in [1.82, 2.24) is 0 Å². The van der Waals surface area contributed by atoms with Crippen molar-refractivity contribution < 1.29 is 9.15 Å². The fourth-order valence-electron chi connectivity index (χ4n) is 7.85. The molecule has 0 unspecified atom stereocenters. The lowest BCUT2D eigenvalue weighted by atomic mass is 9.85. The van der Waals surface area contributed by atoms with Crippen LogP contribution in [0.5, 0.6) is 5.75 Å². The molecular weight excluding hydrogens is 657 g/mol. The Kier molecular flexibility index (Phi) is 8.65. The van der Waals surface area contributed by atoms with E-state index in [1.54, 1.807) is 0 Å². The normalized spacial score (nSPS) is 18.3. The lowest BCUT2D eigenvalue weighted by molar-refractivity contribution is 0.451. The van der Waals surface area contributed by atoms with Crippen LogP contribution in [-0.4, -0.2) is 0 Å². The summed E-state index contributed by atoms with van der Waals surface area (Å²) in [6, 6.07) is 34.3. The van der Waals surface area contributed by atoms with Gasteiger partial charge in [-0.1, -0.05) is 153 Å². The fraction of sp³-hybridized carbons (Fsp3) is 0.0769. The van der Waals surface area contributed by atoms with Gasteiger partial charge in [0.15, 0.2) is 0 Å². The quantitative estimate of drug-likeness (QED) is 0.128. The Labute approximate surface area is 316 Å². The predicted octanol–water partition coefficient (Wildman–Crippen LogP) is 14.5. The molecule has 1 aliphatic carbocycles. The topological polar surface area (TPSA) is 22.4 Å². The summed E-state index contributed by atoms with van der Waals surface area (Å²) >= 11 is 0. The van der Waals surface area contributed by atoms with Crippen molar-refractivity contribution in [2.24, 2.45) is 0 Å². The van der Waals surface area contributed by atoms with Gasteiger partial charge in [-0.3, -0.25) is 0 Å². The summed E-state index contributed by atoms with van der Waals surface area (Å²) in [6.45, 7) is 11.1. The number of furan rings is 1. The summed E-state index contributed by atoms with van der Waals surface area (Å²) in [6.07, 6.45) is 26.3. The van der Waals surface area contributed by atoms with Crippen LogP contribution >= 0.6 is 0 Å². The molecule has 0 amide bonds. The molecule has 9 rings (SSSR count). The van der Waals surface area contributed by atoms with Gasteiger partial charge in [-0.05, 0) is 104 Å². The molecular formula is C52H40O2. The first-order valence-electron chi connectivity index (χ1n) is 18.6. The van der Waals surface area contributed by atoms with E-state index in [0.717, 1.165) is 85.8 Å². The number of fused-ring (bicyclic) bond motifs is 8. The van der Waals surface area contributed by atoms with Crippen LogP contribution < -0.4 is 4.74 Å². The number of ether oxygens (including phenoxy) is 1. The second-order valence-electron chi connectivity index (χ2n) is 14.1. The van der Waals surface area contributed by atoms with Crippen molar-refractivity contribution >= 4 is 65.4 Å². The first-order valence-corrected chi connectivity index (χ1v) is 18.6. The van der Waals surface area contributed by atoms with Crippen LogP contribution in [0.3, 0.4) is 0 Å². The van der Waals surface area contributed by atoms with Crippen LogP contribution in [0.1, 0.15) is 36.5 Å². The summed E-state index contributed by atoms with van der Waals surface area (Å²) < 4.78 is 12.7. The Morgan fingerprint density at radius 2 is 1.37 bits per heavy atom. The van der Waals surface area contributed by atoms with Crippen LogP contribution in [0.2, 0.25) is 0 Å². The first-order chi connectivity index (χ1) is 26.5. The number of para-hydroxylation sites is 1. The second-order valence-corrected chi connectivity index (χ2v) is 14.1. The van der Waals surface area contributed by atoms with Crippen molar-refractivity contribution in [3.8, 4) is 5.75 Å². The molecule has 7 aromatic rings. The third kappa shape index (κ3) is 6.06. The molecule has 260 valence electrons. The molecule has 0 fully saturated rings. The Balaban J connectivity index is 0.995. The molecule has 54 heavy (non-hydrogen) atoms. The Hall–Kier alpha value is -6.64. The number of rotatable bonds is 6. The molecule has 2 nitrogen and oxygen atoms in total. The number of benzene rings is 6. The van der Waals surface area contributed by atoms with Crippen LogP contribution in [0.15, 0.2) is 198 Å². The molecule has 0 radical (unpaired) electrons. The van der Waals surface area contributed by atoms with Gasteiger partial charge in [0.1, 0.15) is 22.7 Å². The fourth-order valence-corrected chi connectivity index (χ4v) is 7.85. The van der Waals surface area contributed by atoms with E-state index in [1.807, 2.05) is 12.1 Å². The van der Waals surface area contributed by atoms with Gasteiger partial charge >= 0.3 is 0 Å². The molecule has 6 aromatic carbocycles. The Morgan fingerprint density at radius 3 is 2.17 bits per heavy atom. The van der Waals surface area contributed by atoms with Crippen molar-refractivity contribution in [2.75, 3.05) is 0 Å². The summed E-state index contributed by atoms with van der Waals surface area (Å²) in [5.41, 5.74) is 9.65. The van der Waals surface area contributed by atoms with Crippen LogP contribution in [0, 0.1) is 0 Å². The molecule has 0 saturated heterocycles. The Morgan fingerprint density at radius 1 is 0.667 bits per heavy atom. The molecule has 2 heteroatoms. The zero-order chi connectivity index (χ0) is 36.6. The molecule has 2 aliphatic rings. The van der Waals surface area contributed by atoms with Crippen LogP contribution in [0.25, 0.3) is 65.4 Å². The van der Waals surface area contributed by atoms with E-state index in [9.17, 15) is 0 Å². The van der Waals surface area contributed by atoms with E-state index >= 15 is 0 Å². The van der Waals surface area contributed by atoms with Gasteiger partial charge in [0.05, 0.1) is 0 Å². The van der Waals surface area contributed by atoms with Gasteiger partial charge < -0.3 is 9.15 Å². The average molecular weight is 697 g/mol. The maximum Gasteiger partial charge on any atom is 0.138 e. The molecule has 0 bridgehead atoms. The smallest absolute Gasteiger partial charge is 0.138 e. The molecule has 2 heterocycles. The zero-order valence-electron chi connectivity index (χ0n) is 30.4. The zero-order valence-corrected chi connectivity index (χ0v) is 30.4. The van der Waals surface area contributed by atoms with E-state index < -0.39 is 0 Å². The second kappa shape index (κ2) is 14.1. The average Bonchev–Trinajstić information content (AvgIpc) is 3.80. The minimum atomic E-state index is 0.745. The molecule has 0 atom stereocenters. The van der Waals surface area contributed by atoms with Gasteiger partial charge in [0.2, 0.25) is 0 Å². The molecule has 0 spiro atoms. The van der Waals surface area contributed by atoms with Crippen molar-refractivity contribution in [3.05, 3.63) is 211 Å². The number of hydrogen-bond donors (Lipinski definition) is 0. The van der Waals surface area contributed by atoms with Gasteiger partial charge in [-0.15, -0.1) is 0 Å². The SMILES string of the molecule is C=C(/C=C\C(=C)c1c2ccccc2c(/C2=C/C=C\C/C=C\C=C/C2)c2ccccc12)/C(C)=C/C=C1\Cc2ccc3cc4oc5ccccc5c4cc3c2O1. The highest BCUT2D eigenvalue weighted by atomic mass is 16.5. The molecule has 1 aliphatic heterocycles. The highest BCUT2D eigenvalue weighted by molar-refractivity contribution is 6.17. The van der Waals surface area contributed by atoms with Crippen molar-refractivity contribution in [3.63, 3.8) is 0 Å². The van der Waals surface area contributed by atoms with E-state index in [1.165, 1.54) is 38.2 Å². The number of allylic oxidation sites excluding steroid dienone is 16. The summed E-state index contributed by atoms with van der Waals surface area (Å²) in [5, 5.41) is 9.30. The highest BCUT2D eigenvalue weighted by Gasteiger charge is 2.21. The summed E-state index contributed by atoms with van der Waals surface area (Å²) in [7, 11) is 0. The minimum Gasteiger partial charge on any atom is -0.460 e. The highest BCUT2D eigenvalue weighted by Crippen LogP contribution is 2.43. The van der Waals surface area contributed by atoms with Gasteiger partial charge in [-0.2, -0.15) is 0 Å². The van der Waals surface area contributed by atoms with Crippen LogP contribution in [0.4, 0.5) is 0 Å². The van der Waals surface area contributed by atoms with Crippen LogP contribution in [-0.2, 0) is 6.42 Å². The van der Waals surface area contributed by atoms with Crippen molar-refractivity contribution in [2.45, 2.75) is 26.2 Å². The molecule has 0 N–H and O–H groups in total. The first kappa shape index (κ1) is 33.2. The minimum absolute atomic E-state index is 0.745. The van der Waals surface area contributed by atoms with E-state index in [4.69, 9.17) is 9.15 Å². The lowest BCUT2D eigenvalue weighted by Gasteiger charge is -2.19. The maximum absolute atomic E-state index is 6.51. The van der Waals surface area contributed by atoms with E-state index in [0.29, 0.717) is 0 Å². The molecule has 0 saturated carbocycles. The van der Waals surface area contributed by atoms with Gasteiger partial charge in [0.25, 0.3) is 0 Å². The standard InChI is InChI=1S/C52H40O2/c1-34(35(2)27-30-40-31-39-29-28-38-32-49-47(33-46(38)52(39)53-40)41-19-15-16-24-48(41)54-49)25-26-36(3)50-42-20-11-13-22-44(42)51(45-23-14-12-21-43(45)50)37-17-9-7-5-4-6-8-10-18-37/h4-5,7-16,18-30,32-33H,1,3,6,17,31H2,2H3/b5-4-,9-7-,10-8-,26-25-,35-27+,37-18+,40-30+. The largest absolute Gasteiger partial charge is 0.460 e. The third-order valence-electron chi connectivity index (χ3n) is 10.7. The predicted molar refractivity (Wildman–Crippen MR) is 231 cm³/mol. The monoisotopic (exact) mass is 696 g/mol. The maximum atomic E-state index is 6.51. The Bertz CT molecular complexity index is 2850.